The van der Waals surface area contributed by atoms with Gasteiger partial charge in [-0.2, -0.15) is 0 Å². The van der Waals surface area contributed by atoms with Gasteiger partial charge in [-0.25, -0.2) is 0 Å². The Morgan fingerprint density at radius 2 is 1.82 bits per heavy atom. The van der Waals surface area contributed by atoms with E-state index in [1.165, 1.54) is 31.4 Å². The van der Waals surface area contributed by atoms with Crippen LogP contribution in [0.15, 0.2) is 12.7 Å². The van der Waals surface area contributed by atoms with Crippen LogP contribution in [0, 0.1) is 0 Å². The predicted molar refractivity (Wildman–Crippen MR) is 57.0 cm³/mol. The summed E-state index contributed by atoms with van der Waals surface area (Å²) in [7, 11) is -0.269. The highest BCUT2D eigenvalue weighted by molar-refractivity contribution is 6.58. The van der Waals surface area contributed by atoms with Gasteiger partial charge in [-0.15, -0.1) is 6.58 Å². The van der Waals surface area contributed by atoms with Gasteiger partial charge in [-0.1, -0.05) is 50.9 Å². The Balaban J connectivity index is 3.13. The predicted octanol–water partition coefficient (Wildman–Crippen LogP) is 3.61. The van der Waals surface area contributed by atoms with Crippen molar-refractivity contribution in [3.05, 3.63) is 12.7 Å². The molecule has 0 bridgehead atoms. The molecule has 0 radical (unpaired) electrons. The summed E-state index contributed by atoms with van der Waals surface area (Å²) in [4.78, 5) is 0. The Hall–Kier alpha value is -0.0431. The van der Waals surface area contributed by atoms with E-state index in [9.17, 15) is 0 Å². The van der Waals surface area contributed by atoms with Crippen molar-refractivity contribution in [3.63, 3.8) is 0 Å². The maximum Gasteiger partial charge on any atom is 0.0362 e. The molecule has 0 rings (SSSR count). The van der Waals surface area contributed by atoms with Gasteiger partial charge in [0, 0.05) is 8.80 Å². The van der Waals surface area contributed by atoms with E-state index in [4.69, 9.17) is 0 Å². The molecule has 0 atom stereocenters. The lowest BCUT2D eigenvalue weighted by molar-refractivity contribution is 0.804. The van der Waals surface area contributed by atoms with Crippen LogP contribution >= 0.6 is 0 Å². The molecule has 66 valence electrons. The van der Waals surface area contributed by atoms with E-state index in [1.807, 2.05) is 6.08 Å². The summed E-state index contributed by atoms with van der Waals surface area (Å²) in [5, 5.41) is 0. The molecule has 0 aromatic carbocycles. The molecule has 0 saturated carbocycles. The summed E-state index contributed by atoms with van der Waals surface area (Å²) in [5.74, 6) is 0. The number of rotatable bonds is 7. The maximum absolute atomic E-state index is 3.73. The smallest absolute Gasteiger partial charge is 0.0362 e. The maximum atomic E-state index is 3.73. The van der Waals surface area contributed by atoms with Crippen molar-refractivity contribution in [3.8, 4) is 0 Å². The Morgan fingerprint density at radius 1 is 1.18 bits per heavy atom. The number of hydrogen-bond acceptors (Lipinski definition) is 0. The lowest BCUT2D eigenvalue weighted by atomic mass is 10.2. The van der Waals surface area contributed by atoms with Crippen molar-refractivity contribution in [2.45, 2.75) is 51.2 Å². The minimum atomic E-state index is -0.269. The Labute approximate surface area is 73.3 Å². The molecule has 11 heavy (non-hydrogen) atoms. The van der Waals surface area contributed by atoms with Crippen molar-refractivity contribution < 1.29 is 0 Å². The SMILES string of the molecule is C=CCCCC[SiH](CC)CC. The second-order valence-electron chi connectivity index (χ2n) is 3.26. The first-order valence-corrected chi connectivity index (χ1v) is 7.40. The minimum absolute atomic E-state index is 0.269. The molecule has 0 nitrogen and oxygen atoms in total. The third-order valence-electron chi connectivity index (χ3n) is 2.43. The third-order valence-corrected chi connectivity index (χ3v) is 5.96. The normalized spacial score (nSPS) is 10.5. The molecular weight excluding hydrogens is 148 g/mol. The monoisotopic (exact) mass is 170 g/mol. The van der Waals surface area contributed by atoms with Gasteiger partial charge in [0.2, 0.25) is 0 Å². The molecule has 0 aromatic rings. The van der Waals surface area contributed by atoms with Crippen LogP contribution < -0.4 is 0 Å². The van der Waals surface area contributed by atoms with E-state index < -0.39 is 0 Å². The van der Waals surface area contributed by atoms with Gasteiger partial charge in [0.25, 0.3) is 0 Å². The molecule has 0 aliphatic rings. The van der Waals surface area contributed by atoms with Gasteiger partial charge in [0.15, 0.2) is 0 Å². The summed E-state index contributed by atoms with van der Waals surface area (Å²) in [6.07, 6.45) is 6.07. The van der Waals surface area contributed by atoms with Crippen LogP contribution in [0.1, 0.15) is 33.1 Å². The van der Waals surface area contributed by atoms with Crippen LogP contribution in [0.3, 0.4) is 0 Å². The van der Waals surface area contributed by atoms with Crippen LogP contribution in [0.4, 0.5) is 0 Å². The minimum Gasteiger partial charge on any atom is -0.103 e. The largest absolute Gasteiger partial charge is 0.103 e. The van der Waals surface area contributed by atoms with Crippen molar-refractivity contribution in [2.24, 2.45) is 0 Å². The zero-order chi connectivity index (χ0) is 8.53. The first kappa shape index (κ1) is 11.0. The fourth-order valence-corrected chi connectivity index (χ4v) is 3.68. The molecule has 0 spiro atoms. The standard InChI is InChI=1S/C10H22Si/c1-4-7-8-9-10-11(5-2)6-3/h4,11H,1,5-10H2,2-3H3. The molecule has 0 N–H and O–H groups in total. The molecule has 0 amide bonds. The first-order valence-electron chi connectivity index (χ1n) is 4.96. The zero-order valence-corrected chi connectivity index (χ0v) is 9.26. The molecule has 0 unspecified atom stereocenters. The van der Waals surface area contributed by atoms with Crippen molar-refractivity contribution in [1.29, 1.82) is 0 Å². The van der Waals surface area contributed by atoms with Crippen LogP contribution in [0.2, 0.25) is 18.1 Å². The van der Waals surface area contributed by atoms with Gasteiger partial charge in [0.1, 0.15) is 0 Å². The molecule has 0 heterocycles. The highest BCUT2D eigenvalue weighted by Gasteiger charge is 2.03. The number of hydrogen-bond donors (Lipinski definition) is 0. The molecule has 0 saturated heterocycles. The topological polar surface area (TPSA) is 0 Å². The first-order chi connectivity index (χ1) is 5.35. The van der Waals surface area contributed by atoms with Gasteiger partial charge in [-0.3, -0.25) is 0 Å². The molecule has 0 aliphatic heterocycles. The van der Waals surface area contributed by atoms with Crippen LogP contribution in [0.5, 0.6) is 0 Å². The molecule has 1 heteroatoms. The summed E-state index contributed by atoms with van der Waals surface area (Å²) in [5.41, 5.74) is 0. The second-order valence-corrected chi connectivity index (χ2v) is 7.20. The average Bonchev–Trinajstić information content (AvgIpc) is 2.05. The number of unbranched alkanes of at least 4 members (excludes halogenated alkanes) is 2. The van der Waals surface area contributed by atoms with E-state index in [-0.39, 0.29) is 8.80 Å². The summed E-state index contributed by atoms with van der Waals surface area (Å²) < 4.78 is 0. The zero-order valence-electron chi connectivity index (χ0n) is 8.10. The van der Waals surface area contributed by atoms with Gasteiger partial charge in [0.05, 0.1) is 0 Å². The summed E-state index contributed by atoms with van der Waals surface area (Å²) in [6, 6.07) is 4.54. The van der Waals surface area contributed by atoms with Crippen molar-refractivity contribution in [1.82, 2.24) is 0 Å². The van der Waals surface area contributed by atoms with Crippen LogP contribution in [-0.4, -0.2) is 8.80 Å². The summed E-state index contributed by atoms with van der Waals surface area (Å²) in [6.45, 7) is 8.44. The second kappa shape index (κ2) is 8.06. The van der Waals surface area contributed by atoms with E-state index >= 15 is 0 Å². The fourth-order valence-electron chi connectivity index (χ4n) is 1.42. The van der Waals surface area contributed by atoms with Gasteiger partial charge in [-0.05, 0) is 6.42 Å². The van der Waals surface area contributed by atoms with E-state index in [0.29, 0.717) is 0 Å². The number of allylic oxidation sites excluding steroid dienone is 1. The lowest BCUT2D eigenvalue weighted by Gasteiger charge is -2.08. The quantitative estimate of drug-likeness (QED) is 0.311. The average molecular weight is 170 g/mol. The van der Waals surface area contributed by atoms with Gasteiger partial charge >= 0.3 is 0 Å². The highest BCUT2D eigenvalue weighted by atomic mass is 28.3. The van der Waals surface area contributed by atoms with Gasteiger partial charge < -0.3 is 0 Å². The van der Waals surface area contributed by atoms with Crippen molar-refractivity contribution in [2.75, 3.05) is 0 Å². The summed E-state index contributed by atoms with van der Waals surface area (Å²) >= 11 is 0. The third kappa shape index (κ3) is 6.36. The molecule has 0 aliphatic carbocycles. The Kier molecular flexibility index (Phi) is 8.03. The molecule has 0 fully saturated rings. The molecular formula is C10H22Si. The lowest BCUT2D eigenvalue weighted by Crippen LogP contribution is -2.07. The van der Waals surface area contributed by atoms with E-state index in [0.717, 1.165) is 0 Å². The Morgan fingerprint density at radius 3 is 2.27 bits per heavy atom. The van der Waals surface area contributed by atoms with Crippen molar-refractivity contribution >= 4 is 8.80 Å². The fraction of sp³-hybridized carbons (Fsp3) is 0.800. The Bertz CT molecular complexity index is 84.9. The van der Waals surface area contributed by atoms with E-state index in [2.05, 4.69) is 20.4 Å². The highest BCUT2D eigenvalue weighted by Crippen LogP contribution is 2.10. The van der Waals surface area contributed by atoms with Crippen LogP contribution in [-0.2, 0) is 0 Å². The van der Waals surface area contributed by atoms with E-state index in [1.54, 1.807) is 6.04 Å². The van der Waals surface area contributed by atoms with Crippen LogP contribution in [0.25, 0.3) is 0 Å². The molecule has 0 aromatic heterocycles.